The van der Waals surface area contributed by atoms with Crippen LogP contribution in [0.15, 0.2) is 30.6 Å². The number of carbonyl (C=O) groups excluding carboxylic acids is 2. The second-order valence-corrected chi connectivity index (χ2v) is 10.3. The van der Waals surface area contributed by atoms with Crippen LogP contribution >= 0.6 is 11.6 Å². The number of ketones is 1. The number of rotatable bonds is 10. The Balaban J connectivity index is 1.30. The molecule has 3 aromatic heterocycles. The quantitative estimate of drug-likeness (QED) is 0.256. The van der Waals surface area contributed by atoms with Gasteiger partial charge in [-0.15, -0.1) is 17.4 Å². The number of anilines is 3. The number of amides is 1. The van der Waals surface area contributed by atoms with Crippen molar-refractivity contribution in [2.45, 2.75) is 69.9 Å². The molecule has 2 aliphatic rings. The van der Waals surface area contributed by atoms with E-state index >= 15 is 0 Å². The molecule has 0 aromatic carbocycles. The number of terminal acetylenes is 1. The van der Waals surface area contributed by atoms with Crippen molar-refractivity contribution < 1.29 is 9.59 Å². The van der Waals surface area contributed by atoms with E-state index in [1.807, 2.05) is 6.07 Å². The van der Waals surface area contributed by atoms with Crippen molar-refractivity contribution in [3.05, 3.63) is 41.4 Å². The second kappa shape index (κ2) is 11.2. The molecule has 0 bridgehead atoms. The zero-order chi connectivity index (χ0) is 25.8. The molecule has 2 aliphatic carbocycles. The Bertz CT molecular complexity index is 1340. The van der Waals surface area contributed by atoms with Gasteiger partial charge >= 0.3 is 0 Å². The van der Waals surface area contributed by atoms with E-state index in [0.717, 1.165) is 44.2 Å². The average Bonchev–Trinajstić information content (AvgIpc) is 3.59. The Morgan fingerprint density at radius 3 is 2.57 bits per heavy atom. The van der Waals surface area contributed by atoms with Crippen LogP contribution in [0, 0.1) is 18.3 Å². The number of imidazole rings is 1. The number of fused-ring (bicyclic) bond motifs is 1. The van der Waals surface area contributed by atoms with Gasteiger partial charge in [-0.1, -0.05) is 11.6 Å². The van der Waals surface area contributed by atoms with E-state index in [0.29, 0.717) is 59.2 Å². The Morgan fingerprint density at radius 2 is 1.84 bits per heavy atom. The van der Waals surface area contributed by atoms with Gasteiger partial charge in [-0.05, 0) is 56.6 Å². The molecular formula is C27H30ClN7O2. The number of aromatic nitrogens is 4. The van der Waals surface area contributed by atoms with E-state index in [1.165, 1.54) is 12.4 Å². The summed E-state index contributed by atoms with van der Waals surface area (Å²) in [7, 11) is 0. The third-order valence-electron chi connectivity index (χ3n) is 6.88. The predicted octanol–water partition coefficient (Wildman–Crippen LogP) is 4.95. The van der Waals surface area contributed by atoms with Crippen LogP contribution in [0.2, 0.25) is 5.15 Å². The number of pyridine rings is 1. The molecule has 9 nitrogen and oxygen atoms in total. The minimum absolute atomic E-state index is 0.246. The molecule has 0 spiro atoms. The molecule has 3 aromatic rings. The number of halogens is 1. The Labute approximate surface area is 220 Å². The topological polar surface area (TPSA) is 113 Å². The molecule has 5 rings (SSSR count). The second-order valence-electron chi connectivity index (χ2n) is 9.87. The predicted molar refractivity (Wildman–Crippen MR) is 144 cm³/mol. The molecule has 2 fully saturated rings. The largest absolute Gasteiger partial charge is 0.379 e. The molecule has 0 unspecified atom stereocenters. The highest BCUT2D eigenvalue weighted by molar-refractivity contribution is 6.29. The molecule has 10 heteroatoms. The normalized spacial score (nSPS) is 19.2. The highest BCUT2D eigenvalue weighted by Crippen LogP contribution is 2.32. The van der Waals surface area contributed by atoms with Crippen molar-refractivity contribution in [3.63, 3.8) is 0 Å². The molecule has 37 heavy (non-hydrogen) atoms. The summed E-state index contributed by atoms with van der Waals surface area (Å²) in [6.07, 6.45) is 16.1. The van der Waals surface area contributed by atoms with Crippen LogP contribution < -0.4 is 16.0 Å². The molecule has 3 N–H and O–H groups in total. The molecule has 3 heterocycles. The summed E-state index contributed by atoms with van der Waals surface area (Å²) >= 11 is 5.96. The smallest absolute Gasteiger partial charge is 0.276 e. The van der Waals surface area contributed by atoms with Crippen molar-refractivity contribution in [1.29, 1.82) is 0 Å². The van der Waals surface area contributed by atoms with Gasteiger partial charge in [0.25, 0.3) is 5.91 Å². The van der Waals surface area contributed by atoms with Gasteiger partial charge in [0.1, 0.15) is 16.8 Å². The van der Waals surface area contributed by atoms with E-state index in [1.54, 1.807) is 16.6 Å². The van der Waals surface area contributed by atoms with E-state index in [2.05, 4.69) is 31.8 Å². The summed E-state index contributed by atoms with van der Waals surface area (Å²) in [6, 6.07) is 5.89. The number of hydrogen-bond acceptors (Lipinski definition) is 7. The number of Topliss-reactive ketones (excluding diaryl/α,β-unsaturated/α-hetero) is 1. The fourth-order valence-corrected chi connectivity index (χ4v) is 4.95. The van der Waals surface area contributed by atoms with Crippen LogP contribution in [0.4, 0.5) is 17.2 Å². The number of carbonyl (C=O) groups is 2. The van der Waals surface area contributed by atoms with Crippen molar-refractivity contribution >= 4 is 46.1 Å². The lowest BCUT2D eigenvalue weighted by molar-refractivity contribution is -0.120. The lowest BCUT2D eigenvalue weighted by atomic mass is 9.82. The van der Waals surface area contributed by atoms with Crippen molar-refractivity contribution in [1.82, 2.24) is 19.6 Å². The third kappa shape index (κ3) is 6.38. The van der Waals surface area contributed by atoms with E-state index in [4.69, 9.17) is 23.1 Å². The maximum atomic E-state index is 13.1. The Morgan fingerprint density at radius 1 is 1.08 bits per heavy atom. The Hall–Kier alpha value is -3.64. The zero-order valence-corrected chi connectivity index (χ0v) is 21.3. The lowest BCUT2D eigenvalue weighted by Gasteiger charge is -2.29. The van der Waals surface area contributed by atoms with Crippen molar-refractivity contribution in [2.75, 3.05) is 16.0 Å². The van der Waals surface area contributed by atoms with Crippen LogP contribution in [0.3, 0.4) is 0 Å². The summed E-state index contributed by atoms with van der Waals surface area (Å²) in [5.41, 5.74) is 2.31. The fraction of sp³-hybridized carbons (Fsp3) is 0.444. The molecule has 0 aliphatic heterocycles. The minimum Gasteiger partial charge on any atom is -0.379 e. The third-order valence-corrected chi connectivity index (χ3v) is 7.09. The van der Waals surface area contributed by atoms with E-state index in [9.17, 15) is 9.59 Å². The lowest BCUT2D eigenvalue weighted by Crippen LogP contribution is -2.28. The molecule has 0 atom stereocenters. The van der Waals surface area contributed by atoms with Crippen LogP contribution in [0.5, 0.6) is 0 Å². The molecule has 2 saturated carbocycles. The first-order valence-electron chi connectivity index (χ1n) is 12.8. The number of hydrogen-bond donors (Lipinski definition) is 3. The molecule has 1 amide bonds. The highest BCUT2D eigenvalue weighted by Gasteiger charge is 2.26. The minimum atomic E-state index is -0.341. The first-order valence-corrected chi connectivity index (χ1v) is 13.2. The molecule has 0 saturated heterocycles. The Kier molecular flexibility index (Phi) is 7.56. The SMILES string of the molecule is C#CCCC(=O)CC1CCC(Nc2cc(NC3CC3)c3ncc(C(=O)Nc4ccnc(Cl)c4)n3n2)CC1. The van der Waals surface area contributed by atoms with Crippen molar-refractivity contribution in [2.24, 2.45) is 5.92 Å². The average molecular weight is 520 g/mol. The summed E-state index contributed by atoms with van der Waals surface area (Å²) in [5, 5.41) is 14.9. The van der Waals surface area contributed by atoms with E-state index in [-0.39, 0.29) is 17.7 Å². The van der Waals surface area contributed by atoms with Crippen LogP contribution in [-0.4, -0.2) is 43.4 Å². The van der Waals surface area contributed by atoms with Gasteiger partial charge in [0, 0.05) is 49.3 Å². The summed E-state index contributed by atoms with van der Waals surface area (Å²) in [4.78, 5) is 33.6. The highest BCUT2D eigenvalue weighted by atomic mass is 35.5. The van der Waals surface area contributed by atoms with Crippen molar-refractivity contribution in [3.8, 4) is 12.3 Å². The van der Waals surface area contributed by atoms with Crippen LogP contribution in [-0.2, 0) is 4.79 Å². The van der Waals surface area contributed by atoms with Gasteiger partial charge in [-0.3, -0.25) is 9.59 Å². The van der Waals surface area contributed by atoms with Gasteiger partial charge in [-0.25, -0.2) is 14.5 Å². The van der Waals surface area contributed by atoms with Crippen LogP contribution in [0.1, 0.15) is 68.3 Å². The molecule has 192 valence electrons. The maximum Gasteiger partial charge on any atom is 0.276 e. The molecular weight excluding hydrogens is 490 g/mol. The maximum absolute atomic E-state index is 13.1. The summed E-state index contributed by atoms with van der Waals surface area (Å²) in [5.74, 6) is 3.56. The first kappa shape index (κ1) is 25.0. The van der Waals surface area contributed by atoms with Gasteiger partial charge in [0.05, 0.1) is 11.9 Å². The summed E-state index contributed by atoms with van der Waals surface area (Å²) < 4.78 is 1.58. The summed E-state index contributed by atoms with van der Waals surface area (Å²) in [6.45, 7) is 0. The van der Waals surface area contributed by atoms with Gasteiger partial charge in [-0.2, -0.15) is 0 Å². The van der Waals surface area contributed by atoms with Crippen LogP contribution in [0.25, 0.3) is 5.65 Å². The van der Waals surface area contributed by atoms with E-state index < -0.39 is 0 Å². The van der Waals surface area contributed by atoms with Gasteiger partial charge < -0.3 is 16.0 Å². The molecule has 0 radical (unpaired) electrons. The van der Waals surface area contributed by atoms with Gasteiger partial charge in [0.15, 0.2) is 11.3 Å². The number of nitrogens with one attached hydrogen (secondary N) is 3. The standard InChI is InChI=1S/C27H30ClN7O2/c1-2-3-4-21(36)13-17-5-7-19(8-6-17)32-25-15-22(31-18-9-10-18)26-30-16-23(35(26)34-25)27(37)33-20-11-12-29-24(28)14-20/h1,11-12,14-19,31H,3-10,13H2,(H,32,34)(H,29,33,37). The fourth-order valence-electron chi connectivity index (χ4n) is 4.78. The first-order chi connectivity index (χ1) is 18.0. The monoisotopic (exact) mass is 519 g/mol. The number of nitrogens with zero attached hydrogens (tertiary/aromatic N) is 4. The zero-order valence-electron chi connectivity index (χ0n) is 20.5. The van der Waals surface area contributed by atoms with Gasteiger partial charge in [0.2, 0.25) is 0 Å².